The molecule has 6 nitrogen and oxygen atoms in total. The third-order valence-electron chi connectivity index (χ3n) is 3.38. The smallest absolute Gasteiger partial charge is 0.162 e. The lowest BCUT2D eigenvalue weighted by atomic mass is 10.2. The molecule has 2 aromatic heterocycles. The van der Waals surface area contributed by atoms with Gasteiger partial charge in [0.2, 0.25) is 0 Å². The van der Waals surface area contributed by atoms with Crippen LogP contribution >= 0.6 is 0 Å². The van der Waals surface area contributed by atoms with Crippen molar-refractivity contribution in [2.24, 2.45) is 5.84 Å². The summed E-state index contributed by atoms with van der Waals surface area (Å²) in [7, 11) is 0. The number of nitrogens with two attached hydrogens (primary N) is 1. The van der Waals surface area contributed by atoms with Crippen LogP contribution < -0.4 is 11.3 Å². The molecule has 20 heavy (non-hydrogen) atoms. The van der Waals surface area contributed by atoms with Crippen LogP contribution in [0, 0.1) is 6.92 Å². The summed E-state index contributed by atoms with van der Waals surface area (Å²) in [5.74, 6) is 7.77. The molecular formula is C14H22N6. The molecular weight excluding hydrogens is 252 g/mol. The number of aromatic nitrogens is 4. The van der Waals surface area contributed by atoms with Gasteiger partial charge in [-0.05, 0) is 25.8 Å². The second-order valence-corrected chi connectivity index (χ2v) is 4.68. The minimum absolute atomic E-state index is 0.655. The average molecular weight is 274 g/mol. The van der Waals surface area contributed by atoms with E-state index in [1.807, 2.05) is 18.5 Å². The fraction of sp³-hybridized carbons (Fsp3) is 0.500. The minimum Gasteiger partial charge on any atom is -0.308 e. The Morgan fingerprint density at radius 3 is 2.45 bits per heavy atom. The molecule has 0 saturated carbocycles. The number of rotatable bonds is 5. The van der Waals surface area contributed by atoms with Gasteiger partial charge in [0.05, 0.1) is 5.69 Å². The predicted molar refractivity (Wildman–Crippen MR) is 79.8 cm³/mol. The van der Waals surface area contributed by atoms with E-state index >= 15 is 0 Å². The van der Waals surface area contributed by atoms with E-state index in [1.54, 1.807) is 0 Å². The van der Waals surface area contributed by atoms with Crippen LogP contribution in [0.25, 0.3) is 5.82 Å². The van der Waals surface area contributed by atoms with Gasteiger partial charge >= 0.3 is 0 Å². The number of hydrazine groups is 1. The number of nitrogen functional groups attached to an aromatic ring is 1. The van der Waals surface area contributed by atoms with E-state index in [0.29, 0.717) is 5.82 Å². The zero-order chi connectivity index (χ0) is 14.7. The Morgan fingerprint density at radius 2 is 1.90 bits per heavy atom. The molecule has 0 aliphatic carbocycles. The zero-order valence-corrected chi connectivity index (χ0v) is 12.6. The number of nitrogens with one attached hydrogen (secondary N) is 1. The molecule has 0 aromatic carbocycles. The fourth-order valence-electron chi connectivity index (χ4n) is 2.14. The maximum atomic E-state index is 5.55. The van der Waals surface area contributed by atoms with Crippen molar-refractivity contribution in [3.8, 4) is 5.82 Å². The van der Waals surface area contributed by atoms with Gasteiger partial charge in [-0.2, -0.15) is 5.10 Å². The van der Waals surface area contributed by atoms with Crippen molar-refractivity contribution >= 4 is 5.82 Å². The highest BCUT2D eigenvalue weighted by atomic mass is 15.3. The number of hydrogen-bond acceptors (Lipinski definition) is 5. The maximum Gasteiger partial charge on any atom is 0.162 e. The molecule has 0 aliphatic heterocycles. The van der Waals surface area contributed by atoms with Crippen molar-refractivity contribution in [2.75, 3.05) is 5.43 Å². The molecule has 2 heterocycles. The summed E-state index contributed by atoms with van der Waals surface area (Å²) in [6, 6.07) is 2.13. The number of anilines is 1. The second-order valence-electron chi connectivity index (χ2n) is 4.68. The molecule has 0 spiro atoms. The minimum atomic E-state index is 0.655. The Labute approximate surface area is 119 Å². The molecule has 0 fully saturated rings. The summed E-state index contributed by atoms with van der Waals surface area (Å²) in [5.41, 5.74) is 5.77. The van der Waals surface area contributed by atoms with E-state index < -0.39 is 0 Å². The molecule has 6 heteroatoms. The molecule has 0 radical (unpaired) electrons. The van der Waals surface area contributed by atoms with Crippen molar-refractivity contribution in [1.29, 1.82) is 0 Å². The highest BCUT2D eigenvalue weighted by Gasteiger charge is 2.15. The van der Waals surface area contributed by atoms with Gasteiger partial charge in [-0.15, -0.1) is 0 Å². The number of aryl methyl sites for hydroxylation is 3. The van der Waals surface area contributed by atoms with Crippen molar-refractivity contribution in [3.63, 3.8) is 0 Å². The van der Waals surface area contributed by atoms with Crippen LogP contribution in [0.2, 0.25) is 0 Å². The quantitative estimate of drug-likeness (QED) is 0.643. The Bertz CT molecular complexity index is 602. The highest BCUT2D eigenvalue weighted by Crippen LogP contribution is 2.21. The van der Waals surface area contributed by atoms with E-state index in [0.717, 1.165) is 47.9 Å². The zero-order valence-electron chi connectivity index (χ0n) is 12.6. The Hall–Kier alpha value is -1.95. The van der Waals surface area contributed by atoms with Gasteiger partial charge in [0, 0.05) is 17.7 Å². The van der Waals surface area contributed by atoms with Gasteiger partial charge < -0.3 is 5.43 Å². The van der Waals surface area contributed by atoms with Gasteiger partial charge in [0.1, 0.15) is 11.6 Å². The average Bonchev–Trinajstić information content (AvgIpc) is 2.90. The lowest BCUT2D eigenvalue weighted by molar-refractivity contribution is 0.750. The third kappa shape index (κ3) is 2.51. The standard InChI is InChI=1S/C14H22N6/c1-5-10-8-11(6-2)20(19-10)14-9(4)13(18-15)16-12(7-3)17-14/h8H,5-7,15H2,1-4H3,(H,16,17,18). The van der Waals surface area contributed by atoms with Crippen LogP contribution in [0.1, 0.15) is 43.5 Å². The van der Waals surface area contributed by atoms with Crippen LogP contribution in [0.3, 0.4) is 0 Å². The molecule has 3 N–H and O–H groups in total. The third-order valence-corrected chi connectivity index (χ3v) is 3.38. The first-order valence-corrected chi connectivity index (χ1v) is 7.06. The summed E-state index contributed by atoms with van der Waals surface area (Å²) in [6.07, 6.45) is 2.57. The van der Waals surface area contributed by atoms with Gasteiger partial charge in [-0.3, -0.25) is 0 Å². The van der Waals surface area contributed by atoms with Crippen molar-refractivity contribution in [3.05, 3.63) is 28.8 Å². The summed E-state index contributed by atoms with van der Waals surface area (Å²) in [4.78, 5) is 9.01. The monoisotopic (exact) mass is 274 g/mol. The van der Waals surface area contributed by atoms with Gasteiger partial charge in [0.25, 0.3) is 0 Å². The summed E-state index contributed by atoms with van der Waals surface area (Å²) >= 11 is 0. The topological polar surface area (TPSA) is 81.7 Å². The van der Waals surface area contributed by atoms with Gasteiger partial charge in [-0.1, -0.05) is 20.8 Å². The van der Waals surface area contributed by atoms with E-state index in [1.165, 1.54) is 0 Å². The Balaban J connectivity index is 2.64. The summed E-state index contributed by atoms with van der Waals surface area (Å²) in [6.45, 7) is 8.20. The summed E-state index contributed by atoms with van der Waals surface area (Å²) < 4.78 is 1.91. The van der Waals surface area contributed by atoms with E-state index in [4.69, 9.17) is 5.84 Å². The summed E-state index contributed by atoms with van der Waals surface area (Å²) in [5, 5.41) is 4.64. The molecule has 0 aliphatic rings. The van der Waals surface area contributed by atoms with Crippen molar-refractivity contribution < 1.29 is 0 Å². The number of nitrogens with zero attached hydrogens (tertiary/aromatic N) is 4. The molecule has 0 atom stereocenters. The maximum absolute atomic E-state index is 5.55. The largest absolute Gasteiger partial charge is 0.308 e. The predicted octanol–water partition coefficient (Wildman–Crippen LogP) is 1.94. The number of hydrogen-bond donors (Lipinski definition) is 2. The van der Waals surface area contributed by atoms with E-state index in [-0.39, 0.29) is 0 Å². The van der Waals surface area contributed by atoms with Gasteiger partial charge in [0.15, 0.2) is 5.82 Å². The molecule has 0 unspecified atom stereocenters. The molecule has 0 bridgehead atoms. The second kappa shape index (κ2) is 6.00. The Morgan fingerprint density at radius 1 is 1.15 bits per heavy atom. The lowest BCUT2D eigenvalue weighted by Gasteiger charge is -2.13. The Kier molecular flexibility index (Phi) is 4.34. The van der Waals surface area contributed by atoms with Crippen LogP contribution in [0.15, 0.2) is 6.07 Å². The molecule has 0 saturated heterocycles. The first kappa shape index (κ1) is 14.5. The van der Waals surface area contributed by atoms with Crippen LogP contribution in [-0.4, -0.2) is 19.7 Å². The first-order valence-electron chi connectivity index (χ1n) is 7.06. The first-order chi connectivity index (χ1) is 9.64. The van der Waals surface area contributed by atoms with E-state index in [2.05, 4.69) is 40.4 Å². The van der Waals surface area contributed by atoms with Crippen LogP contribution in [0.5, 0.6) is 0 Å². The molecule has 108 valence electrons. The lowest BCUT2D eigenvalue weighted by Crippen LogP contribution is -2.16. The highest BCUT2D eigenvalue weighted by molar-refractivity contribution is 5.51. The SMILES string of the molecule is CCc1cc(CC)n(-c2nc(CC)nc(NN)c2C)n1. The molecule has 2 rings (SSSR count). The normalized spacial score (nSPS) is 10.8. The van der Waals surface area contributed by atoms with Crippen molar-refractivity contribution in [1.82, 2.24) is 19.7 Å². The van der Waals surface area contributed by atoms with Gasteiger partial charge in [-0.25, -0.2) is 20.5 Å². The van der Waals surface area contributed by atoms with Crippen LogP contribution in [-0.2, 0) is 19.3 Å². The molecule has 0 amide bonds. The van der Waals surface area contributed by atoms with Crippen LogP contribution in [0.4, 0.5) is 5.82 Å². The van der Waals surface area contributed by atoms with Crippen molar-refractivity contribution in [2.45, 2.75) is 47.0 Å². The van der Waals surface area contributed by atoms with E-state index in [9.17, 15) is 0 Å². The molecule has 2 aromatic rings. The fourth-order valence-corrected chi connectivity index (χ4v) is 2.14.